The molecular weight excluding hydrogens is 719 g/mol. The number of nitrogens with zero attached hydrogens (tertiary/aromatic N) is 5. The van der Waals surface area contributed by atoms with Gasteiger partial charge in [0.05, 0.1) is 22.2 Å². The Hall–Kier alpha value is -7.37. The van der Waals surface area contributed by atoms with Crippen LogP contribution in [0.5, 0.6) is 0 Å². The summed E-state index contributed by atoms with van der Waals surface area (Å²) in [5.74, 6) is 1.96. The number of fused-ring (bicyclic) bond motifs is 6. The van der Waals surface area contributed by atoms with E-state index in [9.17, 15) is 0 Å². The van der Waals surface area contributed by atoms with Gasteiger partial charge in [0.15, 0.2) is 17.5 Å². The number of hydrogen-bond acceptors (Lipinski definition) is 3. The first-order chi connectivity index (χ1) is 28.9. The minimum atomic E-state index is 0.0415. The molecule has 0 amide bonds. The molecule has 0 radical (unpaired) electrons. The molecular formula is C54H41N5. The molecule has 0 saturated heterocycles. The third-order valence-corrected chi connectivity index (χ3v) is 11.8. The molecule has 7 aromatic carbocycles. The quantitative estimate of drug-likeness (QED) is 0.170. The summed E-state index contributed by atoms with van der Waals surface area (Å²) in [4.78, 5) is 14.9. The van der Waals surface area contributed by atoms with E-state index in [1.165, 1.54) is 66.4 Å². The Labute approximate surface area is 343 Å². The number of para-hydroxylation sites is 2. The first-order valence-corrected chi connectivity index (χ1v) is 20.3. The number of rotatable bonds is 6. The Morgan fingerprint density at radius 1 is 0.424 bits per heavy atom. The van der Waals surface area contributed by atoms with Gasteiger partial charge in [-0.3, -0.25) is 0 Å². The van der Waals surface area contributed by atoms with Gasteiger partial charge in [-0.1, -0.05) is 129 Å². The molecule has 10 aromatic rings. The van der Waals surface area contributed by atoms with Crippen LogP contribution in [0.4, 0.5) is 0 Å². The molecule has 0 unspecified atom stereocenters. The van der Waals surface area contributed by atoms with Gasteiger partial charge in [0.1, 0.15) is 0 Å². The summed E-state index contributed by atoms with van der Waals surface area (Å²) in [7, 11) is 0. The SMILES string of the molecule is CC1=CC(C)(C)Cc2c1n(-c1ccc(-c3nc(-c4ccccc4)nc(-c4ccccc4)n3)cc1)c1ccc(-c3ccc4c(c3)c3ccccc3n4-c3ccccc3)cc21. The molecule has 282 valence electrons. The van der Waals surface area contributed by atoms with Crippen molar-refractivity contribution in [3.8, 4) is 56.7 Å². The maximum Gasteiger partial charge on any atom is 0.164 e. The van der Waals surface area contributed by atoms with E-state index in [0.29, 0.717) is 17.5 Å². The molecule has 0 spiro atoms. The van der Waals surface area contributed by atoms with Gasteiger partial charge in [-0.15, -0.1) is 0 Å². The fourth-order valence-electron chi connectivity index (χ4n) is 9.26. The first-order valence-electron chi connectivity index (χ1n) is 20.3. The standard InChI is InChI=1S/C54H41N5/c1-35-33-54(2,3)34-46-45-32-40(39-25-29-48-44(31-39)43-21-13-14-22-47(43)58(48)41-19-11-6-12-20-41)26-30-49(45)59(50(35)46)42-27-23-38(24-28-42)53-56-51(36-15-7-4-8-16-36)55-52(57-53)37-17-9-5-10-18-37/h4-33H,34H2,1-3H3. The summed E-state index contributed by atoms with van der Waals surface area (Å²) < 4.78 is 4.83. The third-order valence-electron chi connectivity index (χ3n) is 11.8. The molecule has 0 N–H and O–H groups in total. The van der Waals surface area contributed by atoms with Crippen LogP contribution in [-0.2, 0) is 6.42 Å². The second kappa shape index (κ2) is 13.6. The normalized spacial score (nSPS) is 13.5. The fourth-order valence-corrected chi connectivity index (χ4v) is 9.26. The monoisotopic (exact) mass is 759 g/mol. The van der Waals surface area contributed by atoms with Crippen molar-refractivity contribution in [2.45, 2.75) is 27.2 Å². The smallest absolute Gasteiger partial charge is 0.164 e. The Kier molecular flexibility index (Phi) is 8.05. The molecule has 0 atom stereocenters. The number of allylic oxidation sites excluding steroid dienone is 2. The van der Waals surface area contributed by atoms with Gasteiger partial charge >= 0.3 is 0 Å². The molecule has 3 aromatic heterocycles. The summed E-state index contributed by atoms with van der Waals surface area (Å²) >= 11 is 0. The summed E-state index contributed by atoms with van der Waals surface area (Å²) in [6.07, 6.45) is 3.40. The lowest BCUT2D eigenvalue weighted by Gasteiger charge is -2.28. The Bertz CT molecular complexity index is 3190. The summed E-state index contributed by atoms with van der Waals surface area (Å²) in [6, 6.07) is 62.4. The van der Waals surface area contributed by atoms with E-state index >= 15 is 0 Å². The molecule has 5 nitrogen and oxygen atoms in total. The lowest BCUT2D eigenvalue weighted by Crippen LogP contribution is -2.18. The Morgan fingerprint density at radius 3 is 1.49 bits per heavy atom. The molecule has 5 heteroatoms. The highest BCUT2D eigenvalue weighted by molar-refractivity contribution is 6.10. The lowest BCUT2D eigenvalue weighted by molar-refractivity contribution is 0.473. The minimum absolute atomic E-state index is 0.0415. The van der Waals surface area contributed by atoms with Crippen molar-refractivity contribution in [3.05, 3.63) is 193 Å². The van der Waals surface area contributed by atoms with Gasteiger partial charge < -0.3 is 9.13 Å². The Morgan fingerprint density at radius 2 is 0.881 bits per heavy atom. The lowest BCUT2D eigenvalue weighted by atomic mass is 9.78. The van der Waals surface area contributed by atoms with Crippen molar-refractivity contribution in [1.82, 2.24) is 24.1 Å². The van der Waals surface area contributed by atoms with E-state index in [1.54, 1.807) is 0 Å². The molecule has 0 saturated carbocycles. The average Bonchev–Trinajstić information content (AvgIpc) is 3.79. The third kappa shape index (κ3) is 5.97. The predicted octanol–water partition coefficient (Wildman–Crippen LogP) is 13.6. The van der Waals surface area contributed by atoms with E-state index in [4.69, 9.17) is 15.0 Å². The van der Waals surface area contributed by atoms with Crippen LogP contribution in [0.1, 0.15) is 32.0 Å². The van der Waals surface area contributed by atoms with E-state index in [0.717, 1.165) is 28.8 Å². The van der Waals surface area contributed by atoms with Crippen LogP contribution in [0, 0.1) is 5.41 Å². The van der Waals surface area contributed by atoms with Crippen LogP contribution in [-0.4, -0.2) is 24.1 Å². The second-order valence-corrected chi connectivity index (χ2v) is 16.4. The highest BCUT2D eigenvalue weighted by Crippen LogP contribution is 2.44. The zero-order chi connectivity index (χ0) is 39.7. The van der Waals surface area contributed by atoms with Crippen LogP contribution in [0.2, 0.25) is 0 Å². The number of aromatic nitrogens is 5. The van der Waals surface area contributed by atoms with E-state index in [-0.39, 0.29) is 5.41 Å². The van der Waals surface area contributed by atoms with Gasteiger partial charge in [-0.25, -0.2) is 15.0 Å². The molecule has 0 aliphatic heterocycles. The average molecular weight is 760 g/mol. The van der Waals surface area contributed by atoms with E-state index in [2.05, 4.69) is 151 Å². The zero-order valence-electron chi connectivity index (χ0n) is 33.3. The van der Waals surface area contributed by atoms with Gasteiger partial charge in [-0.05, 0) is 108 Å². The van der Waals surface area contributed by atoms with Gasteiger partial charge in [-0.2, -0.15) is 0 Å². The summed E-state index contributed by atoms with van der Waals surface area (Å²) in [5.41, 5.74) is 15.2. The van der Waals surface area contributed by atoms with Crippen LogP contribution in [0.3, 0.4) is 0 Å². The number of benzene rings is 7. The van der Waals surface area contributed by atoms with Crippen molar-refractivity contribution < 1.29 is 0 Å². The van der Waals surface area contributed by atoms with Crippen molar-refractivity contribution in [2.75, 3.05) is 0 Å². The molecule has 0 bridgehead atoms. The molecule has 3 heterocycles. The largest absolute Gasteiger partial charge is 0.309 e. The summed E-state index contributed by atoms with van der Waals surface area (Å²) in [5, 5.41) is 3.81. The summed E-state index contributed by atoms with van der Waals surface area (Å²) in [6.45, 7) is 6.96. The molecule has 11 rings (SSSR count). The van der Waals surface area contributed by atoms with Crippen molar-refractivity contribution in [3.63, 3.8) is 0 Å². The van der Waals surface area contributed by atoms with E-state index in [1.807, 2.05) is 60.7 Å². The van der Waals surface area contributed by atoms with Crippen LogP contribution >= 0.6 is 0 Å². The molecule has 59 heavy (non-hydrogen) atoms. The van der Waals surface area contributed by atoms with Gasteiger partial charge in [0.25, 0.3) is 0 Å². The molecule has 1 aliphatic rings. The maximum absolute atomic E-state index is 4.99. The van der Waals surface area contributed by atoms with Crippen molar-refractivity contribution >= 4 is 38.3 Å². The van der Waals surface area contributed by atoms with Gasteiger partial charge in [0.2, 0.25) is 0 Å². The molecule has 1 aliphatic carbocycles. The highest BCUT2D eigenvalue weighted by Gasteiger charge is 2.30. The second-order valence-electron chi connectivity index (χ2n) is 16.4. The topological polar surface area (TPSA) is 48.5 Å². The van der Waals surface area contributed by atoms with Crippen LogP contribution in [0.15, 0.2) is 182 Å². The number of hydrogen-bond donors (Lipinski definition) is 0. The molecule has 0 fully saturated rings. The first kappa shape index (κ1) is 34.8. The van der Waals surface area contributed by atoms with E-state index < -0.39 is 0 Å². The van der Waals surface area contributed by atoms with Crippen LogP contribution in [0.25, 0.3) is 94.9 Å². The predicted molar refractivity (Wildman–Crippen MR) is 244 cm³/mol. The Balaban J connectivity index is 1.03. The zero-order valence-corrected chi connectivity index (χ0v) is 33.3. The van der Waals surface area contributed by atoms with Crippen molar-refractivity contribution in [2.24, 2.45) is 5.41 Å². The van der Waals surface area contributed by atoms with Gasteiger partial charge in [0, 0.05) is 44.2 Å². The maximum atomic E-state index is 4.99. The van der Waals surface area contributed by atoms with Crippen molar-refractivity contribution in [1.29, 1.82) is 0 Å². The highest BCUT2D eigenvalue weighted by atomic mass is 15.0. The minimum Gasteiger partial charge on any atom is -0.309 e. The van der Waals surface area contributed by atoms with Crippen LogP contribution < -0.4 is 0 Å². The fraction of sp³-hybridized carbons (Fsp3) is 0.0926.